The predicted octanol–water partition coefficient (Wildman–Crippen LogP) is 3.26. The van der Waals surface area contributed by atoms with Crippen molar-refractivity contribution in [2.45, 2.75) is 18.4 Å². The summed E-state index contributed by atoms with van der Waals surface area (Å²) in [6.45, 7) is 2.26. The molecule has 2 aromatic carbocycles. The number of fused-ring (bicyclic) bond motifs is 1. The summed E-state index contributed by atoms with van der Waals surface area (Å²) in [5.41, 5.74) is 2.05. The molecule has 8 nitrogen and oxygen atoms in total. The van der Waals surface area contributed by atoms with Gasteiger partial charge in [-0.1, -0.05) is 12.1 Å². The normalized spacial score (nSPS) is 21.0. The maximum absolute atomic E-state index is 13.5. The van der Waals surface area contributed by atoms with Crippen molar-refractivity contribution in [1.29, 1.82) is 0 Å². The molecule has 1 fully saturated rings. The third kappa shape index (κ3) is 4.36. The summed E-state index contributed by atoms with van der Waals surface area (Å²) in [6.07, 6.45) is 1.72. The molecule has 0 aliphatic carbocycles. The van der Waals surface area contributed by atoms with Crippen LogP contribution in [0.2, 0.25) is 0 Å². The van der Waals surface area contributed by atoms with Gasteiger partial charge in [0, 0.05) is 25.3 Å². The monoisotopic (exact) mass is 438 g/mol. The first-order valence-corrected chi connectivity index (χ1v) is 10.8. The summed E-state index contributed by atoms with van der Waals surface area (Å²) in [6, 6.07) is 13.3. The number of hydrogen-bond acceptors (Lipinski definition) is 6. The summed E-state index contributed by atoms with van der Waals surface area (Å²) >= 11 is 0. The molecule has 2 aromatic rings. The van der Waals surface area contributed by atoms with Crippen molar-refractivity contribution in [1.82, 2.24) is 4.90 Å². The second kappa shape index (κ2) is 9.48. The number of ether oxygens (including phenoxy) is 3. The van der Waals surface area contributed by atoms with Crippen LogP contribution in [0.3, 0.4) is 0 Å². The highest BCUT2D eigenvalue weighted by molar-refractivity contribution is 6.10. The standard InChI is InChI=1S/C24H30N4O4/c1-30-12-10-25-23-24(27-21-8-5-4-7-20(21)26-23)9-6-11-28(16-24)22(29)17-13-18(31-2)15-19(14-17)32-3/h4-5,7-8,13-15,27H,6,9-12,16H2,1-3H3,(H,25,26)/t24-/m0/s1. The van der Waals surface area contributed by atoms with Crippen LogP contribution in [0.25, 0.3) is 0 Å². The number of hydrogen-bond donors (Lipinski definition) is 2. The number of piperidine rings is 1. The fourth-order valence-electron chi connectivity index (χ4n) is 4.34. The minimum Gasteiger partial charge on any atom is -0.497 e. The van der Waals surface area contributed by atoms with E-state index in [9.17, 15) is 4.79 Å². The van der Waals surface area contributed by atoms with E-state index in [0.29, 0.717) is 43.3 Å². The second-order valence-corrected chi connectivity index (χ2v) is 8.03. The Kier molecular flexibility index (Phi) is 6.50. The lowest BCUT2D eigenvalue weighted by molar-refractivity contribution is 0.0693. The number of likely N-dealkylation sites (tertiary alicyclic amines) is 1. The number of carbonyl (C=O) groups excluding carboxylic acids is 1. The first-order valence-electron chi connectivity index (χ1n) is 10.8. The van der Waals surface area contributed by atoms with E-state index in [1.54, 1.807) is 39.5 Å². The number of rotatable bonds is 6. The molecule has 1 spiro atoms. The largest absolute Gasteiger partial charge is 0.497 e. The van der Waals surface area contributed by atoms with Crippen LogP contribution in [0.1, 0.15) is 23.2 Å². The Bertz CT molecular complexity index is 987. The van der Waals surface area contributed by atoms with E-state index in [-0.39, 0.29) is 5.91 Å². The van der Waals surface area contributed by atoms with Gasteiger partial charge in [0.25, 0.3) is 5.91 Å². The van der Waals surface area contributed by atoms with Gasteiger partial charge in [0.05, 0.1) is 45.3 Å². The van der Waals surface area contributed by atoms with Crippen LogP contribution in [0.5, 0.6) is 11.5 Å². The van der Waals surface area contributed by atoms with Crippen LogP contribution in [-0.4, -0.2) is 69.8 Å². The molecule has 1 amide bonds. The molecule has 2 heterocycles. The van der Waals surface area contributed by atoms with Crippen LogP contribution in [0.15, 0.2) is 47.5 Å². The van der Waals surface area contributed by atoms with Crippen molar-refractivity contribution < 1.29 is 19.0 Å². The molecule has 0 unspecified atom stereocenters. The molecule has 0 saturated carbocycles. The number of carbonyl (C=O) groups is 1. The number of aliphatic imine (C=N–C) groups is 1. The van der Waals surface area contributed by atoms with Gasteiger partial charge in [-0.2, -0.15) is 0 Å². The van der Waals surface area contributed by atoms with Gasteiger partial charge >= 0.3 is 0 Å². The van der Waals surface area contributed by atoms with Crippen LogP contribution in [-0.2, 0) is 4.74 Å². The van der Waals surface area contributed by atoms with E-state index in [1.807, 2.05) is 29.2 Å². The third-order valence-corrected chi connectivity index (χ3v) is 5.95. The lowest BCUT2D eigenvalue weighted by Gasteiger charge is -2.47. The first-order chi connectivity index (χ1) is 15.6. The molecule has 0 aromatic heterocycles. The molecule has 1 atom stereocenters. The van der Waals surface area contributed by atoms with Crippen molar-refractivity contribution in [3.63, 3.8) is 0 Å². The van der Waals surface area contributed by atoms with E-state index >= 15 is 0 Å². The highest BCUT2D eigenvalue weighted by Crippen LogP contribution is 2.36. The zero-order chi connectivity index (χ0) is 22.6. The summed E-state index contributed by atoms with van der Waals surface area (Å²) in [7, 11) is 4.83. The molecule has 32 heavy (non-hydrogen) atoms. The second-order valence-electron chi connectivity index (χ2n) is 8.03. The molecule has 170 valence electrons. The molecule has 4 rings (SSSR count). The van der Waals surface area contributed by atoms with Crippen LogP contribution in [0, 0.1) is 0 Å². The topological polar surface area (TPSA) is 84.4 Å². The third-order valence-electron chi connectivity index (χ3n) is 5.95. The molecule has 2 N–H and O–H groups in total. The number of benzene rings is 2. The predicted molar refractivity (Wildman–Crippen MR) is 125 cm³/mol. The number of nitrogens with zero attached hydrogens (tertiary/aromatic N) is 2. The summed E-state index contributed by atoms with van der Waals surface area (Å²) in [5, 5.41) is 7.20. The maximum Gasteiger partial charge on any atom is 0.254 e. The van der Waals surface area contributed by atoms with E-state index in [4.69, 9.17) is 19.2 Å². The van der Waals surface area contributed by atoms with Crippen molar-refractivity contribution in [3.05, 3.63) is 48.0 Å². The van der Waals surface area contributed by atoms with Crippen molar-refractivity contribution in [2.75, 3.05) is 58.2 Å². The van der Waals surface area contributed by atoms with Crippen molar-refractivity contribution in [3.8, 4) is 11.5 Å². The molecule has 2 aliphatic heterocycles. The number of methoxy groups -OCH3 is 3. The van der Waals surface area contributed by atoms with Gasteiger partial charge < -0.3 is 29.7 Å². The highest BCUT2D eigenvalue weighted by Gasteiger charge is 2.44. The number of para-hydroxylation sites is 2. The van der Waals surface area contributed by atoms with Crippen LogP contribution < -0.4 is 20.1 Å². The Morgan fingerprint density at radius 2 is 1.81 bits per heavy atom. The molecular weight excluding hydrogens is 408 g/mol. The van der Waals surface area contributed by atoms with E-state index in [2.05, 4.69) is 10.6 Å². The van der Waals surface area contributed by atoms with E-state index in [0.717, 1.165) is 30.1 Å². The fourth-order valence-corrected chi connectivity index (χ4v) is 4.34. The number of nitrogens with one attached hydrogen (secondary N) is 2. The van der Waals surface area contributed by atoms with Crippen LogP contribution in [0.4, 0.5) is 11.4 Å². The average molecular weight is 439 g/mol. The van der Waals surface area contributed by atoms with Gasteiger partial charge in [0.2, 0.25) is 0 Å². The maximum atomic E-state index is 13.5. The molecule has 1 saturated heterocycles. The highest BCUT2D eigenvalue weighted by atomic mass is 16.5. The van der Waals surface area contributed by atoms with Gasteiger partial charge in [0.15, 0.2) is 0 Å². The molecule has 8 heteroatoms. The van der Waals surface area contributed by atoms with Gasteiger partial charge in [0.1, 0.15) is 22.9 Å². The average Bonchev–Trinajstić information content (AvgIpc) is 2.83. The molecule has 0 bridgehead atoms. The zero-order valence-electron chi connectivity index (χ0n) is 18.8. The van der Waals surface area contributed by atoms with Gasteiger partial charge in [-0.25, -0.2) is 0 Å². The van der Waals surface area contributed by atoms with Crippen molar-refractivity contribution >= 4 is 23.1 Å². The minimum absolute atomic E-state index is 0.0572. The first kappa shape index (κ1) is 22.0. The minimum atomic E-state index is -0.487. The summed E-state index contributed by atoms with van der Waals surface area (Å²) in [4.78, 5) is 20.2. The van der Waals surface area contributed by atoms with E-state index in [1.165, 1.54) is 0 Å². The van der Waals surface area contributed by atoms with Gasteiger partial charge in [-0.3, -0.25) is 9.79 Å². The number of amides is 1. The summed E-state index contributed by atoms with van der Waals surface area (Å²) in [5.74, 6) is 1.97. The van der Waals surface area contributed by atoms with Gasteiger partial charge in [-0.05, 0) is 37.1 Å². The lowest BCUT2D eigenvalue weighted by atomic mass is 9.84. The molecular formula is C24H30N4O4. The smallest absolute Gasteiger partial charge is 0.254 e. The number of amidine groups is 1. The Labute approximate surface area is 188 Å². The zero-order valence-corrected chi connectivity index (χ0v) is 18.8. The molecule has 0 radical (unpaired) electrons. The van der Waals surface area contributed by atoms with E-state index < -0.39 is 5.54 Å². The summed E-state index contributed by atoms with van der Waals surface area (Å²) < 4.78 is 15.9. The Morgan fingerprint density at radius 1 is 1.09 bits per heavy atom. The van der Waals surface area contributed by atoms with Crippen molar-refractivity contribution in [2.24, 2.45) is 4.99 Å². The van der Waals surface area contributed by atoms with Crippen LogP contribution >= 0.6 is 0 Å². The Morgan fingerprint density at radius 3 is 2.50 bits per heavy atom. The Balaban J connectivity index is 1.64. The SMILES string of the molecule is COCCN=C1Nc2ccccc2N[C@]12CCCN(C(=O)c1cc(OC)cc(OC)c1)C2. The fraction of sp³-hybridized carbons (Fsp3) is 0.417. The van der Waals surface area contributed by atoms with Gasteiger partial charge in [-0.15, -0.1) is 0 Å². The molecule has 2 aliphatic rings. The number of anilines is 2. The quantitative estimate of drug-likeness (QED) is 0.674. The Hall–Kier alpha value is -3.26. The lowest BCUT2D eigenvalue weighted by Crippen LogP contribution is -2.62.